The van der Waals surface area contributed by atoms with Crippen molar-refractivity contribution >= 4 is 49.7 Å². The first-order chi connectivity index (χ1) is 14.9. The normalized spacial score (nSPS) is 13.7. The minimum atomic E-state index is -3.78. The van der Waals surface area contributed by atoms with Crippen molar-refractivity contribution < 1.29 is 22.7 Å². The van der Waals surface area contributed by atoms with Crippen molar-refractivity contribution in [3.05, 3.63) is 60.1 Å². The van der Waals surface area contributed by atoms with Crippen LogP contribution in [0.4, 0.5) is 16.5 Å². The monoisotopic (exact) mass is 458 g/mol. The molecule has 0 bridgehead atoms. The van der Waals surface area contributed by atoms with Gasteiger partial charge >= 0.3 is 0 Å². The van der Waals surface area contributed by atoms with Crippen LogP contribution in [-0.4, -0.2) is 38.4 Å². The molecule has 1 aliphatic heterocycles. The zero-order valence-corrected chi connectivity index (χ0v) is 17.8. The number of fused-ring (bicyclic) bond motifs is 1. The molecular formula is C20H18N4O5S2. The zero-order chi connectivity index (χ0) is 21.8. The second-order valence-corrected chi connectivity index (χ2v) is 9.14. The molecule has 0 saturated carbocycles. The molecular weight excluding hydrogens is 440 g/mol. The third-order valence-electron chi connectivity index (χ3n) is 4.43. The van der Waals surface area contributed by atoms with E-state index in [9.17, 15) is 18.0 Å². The quantitative estimate of drug-likeness (QED) is 0.586. The van der Waals surface area contributed by atoms with Crippen LogP contribution >= 0.6 is 11.3 Å². The van der Waals surface area contributed by atoms with E-state index in [0.29, 0.717) is 17.1 Å². The molecule has 0 spiro atoms. The summed E-state index contributed by atoms with van der Waals surface area (Å²) in [6.45, 7) is 0.0593. The number of sulfonamides is 1. The number of carbonyl (C=O) groups is 2. The predicted molar refractivity (Wildman–Crippen MR) is 117 cm³/mol. The number of rotatable bonds is 6. The third-order valence-corrected chi connectivity index (χ3v) is 6.61. The minimum absolute atomic E-state index is 0.0365. The smallest absolute Gasteiger partial charge is 0.263 e. The Hall–Kier alpha value is -3.44. The van der Waals surface area contributed by atoms with Crippen molar-refractivity contribution in [1.29, 1.82) is 0 Å². The Morgan fingerprint density at radius 2 is 1.94 bits per heavy atom. The highest BCUT2D eigenvalue weighted by Gasteiger charge is 2.25. The molecule has 0 radical (unpaired) electrons. The summed E-state index contributed by atoms with van der Waals surface area (Å²) in [4.78, 5) is 30.3. The Bertz CT molecular complexity index is 1190. The molecule has 160 valence electrons. The lowest BCUT2D eigenvalue weighted by Gasteiger charge is -2.21. The first kappa shape index (κ1) is 20.8. The molecule has 0 unspecified atom stereocenters. The summed E-state index contributed by atoms with van der Waals surface area (Å²) >= 11 is 1.17. The number of nitrogens with zero attached hydrogens (tertiary/aromatic N) is 2. The lowest BCUT2D eigenvalue weighted by molar-refractivity contribution is -0.121. The fourth-order valence-electron chi connectivity index (χ4n) is 3.00. The van der Waals surface area contributed by atoms with E-state index in [1.165, 1.54) is 46.7 Å². The standard InChI is InChI=1S/C20H18N4O5S2/c25-18(13-24-16-3-1-2-4-17(16)29-11-9-19(24)26)22-14-5-7-15(8-6-14)31(27,28)23-20-21-10-12-30-20/h1-8,10,12H,9,11,13H2,(H,21,23)(H,22,25). The number of nitrogens with one attached hydrogen (secondary N) is 2. The fraction of sp³-hybridized carbons (Fsp3) is 0.150. The number of benzene rings is 2. The van der Waals surface area contributed by atoms with Crippen LogP contribution in [0.3, 0.4) is 0 Å². The van der Waals surface area contributed by atoms with E-state index in [1.807, 2.05) is 0 Å². The van der Waals surface area contributed by atoms with E-state index < -0.39 is 15.9 Å². The topological polar surface area (TPSA) is 118 Å². The molecule has 1 aliphatic rings. The Kier molecular flexibility index (Phi) is 5.87. The van der Waals surface area contributed by atoms with E-state index >= 15 is 0 Å². The van der Waals surface area contributed by atoms with Gasteiger partial charge in [0.1, 0.15) is 12.3 Å². The van der Waals surface area contributed by atoms with Gasteiger partial charge in [-0.1, -0.05) is 12.1 Å². The molecule has 4 rings (SSSR count). The first-order valence-corrected chi connectivity index (χ1v) is 11.6. The van der Waals surface area contributed by atoms with Gasteiger partial charge in [0.25, 0.3) is 10.0 Å². The van der Waals surface area contributed by atoms with E-state index in [1.54, 1.807) is 29.6 Å². The molecule has 0 aliphatic carbocycles. The first-order valence-electron chi connectivity index (χ1n) is 9.27. The summed E-state index contributed by atoms with van der Waals surface area (Å²) in [5.74, 6) is -0.0835. The van der Waals surface area contributed by atoms with E-state index in [-0.39, 0.29) is 35.5 Å². The number of carbonyl (C=O) groups excluding carboxylic acids is 2. The second-order valence-electron chi connectivity index (χ2n) is 6.56. The third kappa shape index (κ3) is 4.84. The van der Waals surface area contributed by atoms with Crippen LogP contribution in [0.1, 0.15) is 6.42 Å². The minimum Gasteiger partial charge on any atom is -0.491 e. The largest absolute Gasteiger partial charge is 0.491 e. The van der Waals surface area contributed by atoms with Crippen molar-refractivity contribution in [3.63, 3.8) is 0 Å². The number of amides is 2. The van der Waals surface area contributed by atoms with Gasteiger partial charge in [0.15, 0.2) is 5.13 Å². The van der Waals surface area contributed by atoms with Crippen molar-refractivity contribution in [2.75, 3.05) is 28.1 Å². The van der Waals surface area contributed by atoms with Gasteiger partial charge in [-0.15, -0.1) is 11.3 Å². The summed E-state index contributed by atoms with van der Waals surface area (Å²) in [6.07, 6.45) is 1.67. The summed E-state index contributed by atoms with van der Waals surface area (Å²) in [6, 6.07) is 12.8. The molecule has 0 saturated heterocycles. The molecule has 3 aromatic rings. The lowest BCUT2D eigenvalue weighted by Crippen LogP contribution is -2.37. The SMILES string of the molecule is O=C(CN1C(=O)CCOc2ccccc21)Nc1ccc(S(=O)(=O)Nc2nccs2)cc1. The molecule has 0 atom stereocenters. The van der Waals surface area contributed by atoms with Gasteiger partial charge in [-0.3, -0.25) is 19.2 Å². The van der Waals surface area contributed by atoms with Gasteiger partial charge in [-0.05, 0) is 36.4 Å². The van der Waals surface area contributed by atoms with Crippen LogP contribution in [0, 0.1) is 0 Å². The molecule has 31 heavy (non-hydrogen) atoms. The average molecular weight is 459 g/mol. The van der Waals surface area contributed by atoms with Crippen molar-refractivity contribution in [2.45, 2.75) is 11.3 Å². The van der Waals surface area contributed by atoms with Crippen molar-refractivity contribution in [3.8, 4) is 5.75 Å². The van der Waals surface area contributed by atoms with E-state index in [4.69, 9.17) is 4.74 Å². The van der Waals surface area contributed by atoms with Crippen molar-refractivity contribution in [1.82, 2.24) is 4.98 Å². The number of anilines is 3. The van der Waals surface area contributed by atoms with E-state index in [0.717, 1.165) is 0 Å². The van der Waals surface area contributed by atoms with Gasteiger partial charge in [-0.25, -0.2) is 13.4 Å². The predicted octanol–water partition coefficient (Wildman–Crippen LogP) is 2.70. The second kappa shape index (κ2) is 8.74. The van der Waals surface area contributed by atoms with Crippen LogP contribution in [0.25, 0.3) is 0 Å². The van der Waals surface area contributed by atoms with Crippen LogP contribution in [-0.2, 0) is 19.6 Å². The number of aromatic nitrogens is 1. The van der Waals surface area contributed by atoms with Gasteiger partial charge in [0.2, 0.25) is 11.8 Å². The van der Waals surface area contributed by atoms with Gasteiger partial charge in [0.05, 0.1) is 23.6 Å². The number of para-hydroxylation sites is 2. The van der Waals surface area contributed by atoms with Gasteiger partial charge < -0.3 is 10.1 Å². The molecule has 2 amide bonds. The summed E-state index contributed by atoms with van der Waals surface area (Å²) in [5, 5.41) is 4.62. The number of ether oxygens (including phenoxy) is 1. The summed E-state index contributed by atoms with van der Waals surface area (Å²) < 4.78 is 32.7. The lowest BCUT2D eigenvalue weighted by atomic mass is 10.2. The highest BCUT2D eigenvalue weighted by atomic mass is 32.2. The summed E-state index contributed by atoms with van der Waals surface area (Å²) in [5.41, 5.74) is 0.944. The van der Waals surface area contributed by atoms with Gasteiger partial charge in [0, 0.05) is 17.3 Å². The maximum atomic E-state index is 12.6. The van der Waals surface area contributed by atoms with Crippen molar-refractivity contribution in [2.24, 2.45) is 0 Å². The molecule has 2 N–H and O–H groups in total. The van der Waals surface area contributed by atoms with Gasteiger partial charge in [-0.2, -0.15) is 0 Å². The average Bonchev–Trinajstić information content (AvgIpc) is 3.19. The van der Waals surface area contributed by atoms with Crippen LogP contribution in [0.15, 0.2) is 65.0 Å². The number of thiazole rings is 1. The summed E-state index contributed by atoms with van der Waals surface area (Å²) in [7, 11) is -3.78. The molecule has 9 nitrogen and oxygen atoms in total. The van der Waals surface area contributed by atoms with Crippen LogP contribution in [0.2, 0.25) is 0 Å². The highest BCUT2D eigenvalue weighted by molar-refractivity contribution is 7.93. The van der Waals surface area contributed by atoms with Crippen LogP contribution in [0.5, 0.6) is 5.75 Å². The Morgan fingerprint density at radius 1 is 1.16 bits per heavy atom. The zero-order valence-electron chi connectivity index (χ0n) is 16.1. The molecule has 0 fully saturated rings. The fourth-order valence-corrected chi connectivity index (χ4v) is 4.79. The van der Waals surface area contributed by atoms with Crippen LogP contribution < -0.4 is 19.7 Å². The number of hydrogen-bond acceptors (Lipinski definition) is 7. The Balaban J connectivity index is 1.44. The highest BCUT2D eigenvalue weighted by Crippen LogP contribution is 2.30. The molecule has 2 heterocycles. The molecule has 11 heteroatoms. The maximum absolute atomic E-state index is 12.6. The molecule has 1 aromatic heterocycles. The Labute approximate surface area is 182 Å². The molecule has 2 aromatic carbocycles. The van der Waals surface area contributed by atoms with E-state index in [2.05, 4.69) is 15.0 Å². The number of hydrogen-bond donors (Lipinski definition) is 2. The maximum Gasteiger partial charge on any atom is 0.263 e. The Morgan fingerprint density at radius 3 is 2.68 bits per heavy atom.